The van der Waals surface area contributed by atoms with Crippen molar-refractivity contribution >= 4 is 17.2 Å². The van der Waals surface area contributed by atoms with Gasteiger partial charge in [0.25, 0.3) is 0 Å². The van der Waals surface area contributed by atoms with Crippen LogP contribution in [0.5, 0.6) is 0 Å². The highest BCUT2D eigenvalue weighted by Crippen LogP contribution is 2.25. The van der Waals surface area contributed by atoms with Crippen LogP contribution in [0.25, 0.3) is 0 Å². The largest absolute Gasteiger partial charge is 0.383 e. The summed E-state index contributed by atoms with van der Waals surface area (Å²) in [5.41, 5.74) is 0.102. The normalized spacial score (nSPS) is 14.3. The van der Waals surface area contributed by atoms with E-state index in [0.717, 1.165) is 16.4 Å². The minimum absolute atomic E-state index is 0.448. The standard InChI is InChI=1S/C13H16N2OS/c1-10-5-3-7-12(15-10)14-9-13(2,16)11-6-4-8-17-11/h3-8,16H,9H2,1-2H3,(H,14,15). The average Bonchev–Trinajstić information content (AvgIpc) is 2.81. The number of anilines is 1. The lowest BCUT2D eigenvalue weighted by Crippen LogP contribution is -2.30. The van der Waals surface area contributed by atoms with Gasteiger partial charge in [0.05, 0.1) is 0 Å². The molecule has 0 amide bonds. The van der Waals surface area contributed by atoms with E-state index in [1.54, 1.807) is 11.3 Å². The summed E-state index contributed by atoms with van der Waals surface area (Å²) in [6.07, 6.45) is 0. The number of nitrogens with zero attached hydrogens (tertiary/aromatic N) is 1. The van der Waals surface area contributed by atoms with Crippen molar-refractivity contribution in [1.82, 2.24) is 4.98 Å². The highest BCUT2D eigenvalue weighted by Gasteiger charge is 2.23. The maximum absolute atomic E-state index is 10.3. The third-order valence-corrected chi connectivity index (χ3v) is 3.68. The molecule has 3 nitrogen and oxygen atoms in total. The van der Waals surface area contributed by atoms with Crippen LogP contribution in [0.2, 0.25) is 0 Å². The number of hydrogen-bond donors (Lipinski definition) is 2. The first-order valence-electron chi connectivity index (χ1n) is 5.52. The molecule has 0 aliphatic rings. The number of aliphatic hydroxyl groups is 1. The van der Waals surface area contributed by atoms with Gasteiger partial charge in [-0.25, -0.2) is 4.98 Å². The molecule has 0 fully saturated rings. The van der Waals surface area contributed by atoms with Gasteiger partial charge >= 0.3 is 0 Å². The highest BCUT2D eigenvalue weighted by molar-refractivity contribution is 7.10. The number of thiophene rings is 1. The molecule has 0 saturated heterocycles. The van der Waals surface area contributed by atoms with Crippen molar-refractivity contribution in [2.45, 2.75) is 19.4 Å². The van der Waals surface area contributed by atoms with Gasteiger partial charge in [0.2, 0.25) is 0 Å². The molecule has 2 aromatic heterocycles. The van der Waals surface area contributed by atoms with E-state index < -0.39 is 5.60 Å². The zero-order valence-corrected chi connectivity index (χ0v) is 10.8. The van der Waals surface area contributed by atoms with Gasteiger partial charge in [0, 0.05) is 17.1 Å². The number of aromatic nitrogens is 1. The molecule has 0 radical (unpaired) electrons. The molecule has 17 heavy (non-hydrogen) atoms. The van der Waals surface area contributed by atoms with Gasteiger partial charge in [-0.3, -0.25) is 0 Å². The molecule has 2 rings (SSSR count). The molecule has 0 bridgehead atoms. The molecule has 2 aromatic rings. The van der Waals surface area contributed by atoms with Crippen LogP contribution in [0.3, 0.4) is 0 Å². The van der Waals surface area contributed by atoms with Gasteiger partial charge in [-0.2, -0.15) is 0 Å². The van der Waals surface area contributed by atoms with E-state index in [2.05, 4.69) is 10.3 Å². The van der Waals surface area contributed by atoms with Crippen molar-refractivity contribution in [2.75, 3.05) is 11.9 Å². The molecular weight excluding hydrogens is 232 g/mol. The second-order valence-electron chi connectivity index (χ2n) is 4.27. The Morgan fingerprint density at radius 3 is 2.82 bits per heavy atom. The minimum Gasteiger partial charge on any atom is -0.383 e. The fourth-order valence-electron chi connectivity index (χ4n) is 1.58. The lowest BCUT2D eigenvalue weighted by atomic mass is 10.1. The molecule has 4 heteroatoms. The average molecular weight is 248 g/mol. The van der Waals surface area contributed by atoms with Crippen LogP contribution in [-0.2, 0) is 5.60 Å². The van der Waals surface area contributed by atoms with E-state index in [4.69, 9.17) is 0 Å². The fourth-order valence-corrected chi connectivity index (χ4v) is 2.36. The second kappa shape index (κ2) is 4.85. The first-order valence-corrected chi connectivity index (χ1v) is 6.40. The van der Waals surface area contributed by atoms with E-state index in [-0.39, 0.29) is 0 Å². The Morgan fingerprint density at radius 2 is 2.18 bits per heavy atom. The van der Waals surface area contributed by atoms with Crippen LogP contribution >= 0.6 is 11.3 Å². The Bertz CT molecular complexity index is 480. The molecule has 0 aromatic carbocycles. The third kappa shape index (κ3) is 3.05. The smallest absolute Gasteiger partial charge is 0.126 e. The minimum atomic E-state index is -0.862. The lowest BCUT2D eigenvalue weighted by molar-refractivity contribution is 0.0753. The number of aryl methyl sites for hydroxylation is 1. The summed E-state index contributed by atoms with van der Waals surface area (Å²) in [5, 5.41) is 15.5. The Morgan fingerprint density at radius 1 is 1.35 bits per heavy atom. The van der Waals surface area contributed by atoms with Crippen molar-refractivity contribution in [3.8, 4) is 0 Å². The third-order valence-electron chi connectivity index (χ3n) is 2.55. The first kappa shape index (κ1) is 12.1. The molecule has 1 atom stereocenters. The number of pyridine rings is 1. The zero-order chi connectivity index (χ0) is 12.3. The summed E-state index contributed by atoms with van der Waals surface area (Å²) in [6, 6.07) is 9.68. The number of rotatable bonds is 4. The SMILES string of the molecule is Cc1cccc(NCC(C)(O)c2cccs2)n1. The van der Waals surface area contributed by atoms with Crippen molar-refractivity contribution in [3.63, 3.8) is 0 Å². The number of nitrogens with one attached hydrogen (secondary N) is 1. The van der Waals surface area contributed by atoms with Crippen LogP contribution in [-0.4, -0.2) is 16.6 Å². The van der Waals surface area contributed by atoms with Crippen molar-refractivity contribution in [2.24, 2.45) is 0 Å². The predicted octanol–water partition coefficient (Wildman–Crippen LogP) is 2.77. The lowest BCUT2D eigenvalue weighted by Gasteiger charge is -2.22. The molecule has 0 aliphatic carbocycles. The Kier molecular flexibility index (Phi) is 3.45. The van der Waals surface area contributed by atoms with E-state index in [1.807, 2.05) is 49.6 Å². The predicted molar refractivity (Wildman–Crippen MR) is 71.4 cm³/mol. The summed E-state index contributed by atoms with van der Waals surface area (Å²) < 4.78 is 0. The Labute approximate surface area is 105 Å². The Hall–Kier alpha value is -1.39. The molecule has 0 spiro atoms. The van der Waals surface area contributed by atoms with E-state index >= 15 is 0 Å². The quantitative estimate of drug-likeness (QED) is 0.874. The maximum Gasteiger partial charge on any atom is 0.126 e. The molecule has 1 unspecified atom stereocenters. The number of hydrogen-bond acceptors (Lipinski definition) is 4. The maximum atomic E-state index is 10.3. The second-order valence-corrected chi connectivity index (χ2v) is 5.22. The highest BCUT2D eigenvalue weighted by atomic mass is 32.1. The van der Waals surface area contributed by atoms with Gasteiger partial charge in [-0.05, 0) is 37.4 Å². The molecule has 2 heterocycles. The van der Waals surface area contributed by atoms with Crippen LogP contribution in [0, 0.1) is 6.92 Å². The van der Waals surface area contributed by atoms with Crippen molar-refractivity contribution < 1.29 is 5.11 Å². The van der Waals surface area contributed by atoms with E-state index in [1.165, 1.54) is 0 Å². The van der Waals surface area contributed by atoms with Gasteiger partial charge < -0.3 is 10.4 Å². The molecule has 2 N–H and O–H groups in total. The summed E-state index contributed by atoms with van der Waals surface area (Å²) in [4.78, 5) is 5.29. The zero-order valence-electron chi connectivity index (χ0n) is 9.97. The molecule has 0 saturated carbocycles. The summed E-state index contributed by atoms with van der Waals surface area (Å²) >= 11 is 1.56. The van der Waals surface area contributed by atoms with Crippen molar-refractivity contribution in [3.05, 3.63) is 46.3 Å². The fraction of sp³-hybridized carbons (Fsp3) is 0.308. The van der Waals surface area contributed by atoms with Gasteiger partial charge in [-0.15, -0.1) is 11.3 Å². The summed E-state index contributed by atoms with van der Waals surface area (Å²) in [5.74, 6) is 0.793. The van der Waals surface area contributed by atoms with Crippen LogP contribution in [0.1, 0.15) is 17.5 Å². The monoisotopic (exact) mass is 248 g/mol. The van der Waals surface area contributed by atoms with Gasteiger partial charge in [0.15, 0.2) is 0 Å². The topological polar surface area (TPSA) is 45.1 Å². The van der Waals surface area contributed by atoms with Gasteiger partial charge in [0.1, 0.15) is 11.4 Å². The van der Waals surface area contributed by atoms with Gasteiger partial charge in [-0.1, -0.05) is 12.1 Å². The molecule has 90 valence electrons. The van der Waals surface area contributed by atoms with Crippen LogP contribution in [0.15, 0.2) is 35.7 Å². The van der Waals surface area contributed by atoms with E-state index in [0.29, 0.717) is 6.54 Å². The Balaban J connectivity index is 2.03. The van der Waals surface area contributed by atoms with Crippen LogP contribution in [0.4, 0.5) is 5.82 Å². The first-order chi connectivity index (χ1) is 8.08. The van der Waals surface area contributed by atoms with Crippen LogP contribution < -0.4 is 5.32 Å². The summed E-state index contributed by atoms with van der Waals surface area (Å²) in [7, 11) is 0. The molecule has 0 aliphatic heterocycles. The molecular formula is C13H16N2OS. The van der Waals surface area contributed by atoms with E-state index in [9.17, 15) is 5.11 Å². The summed E-state index contributed by atoms with van der Waals surface area (Å²) in [6.45, 7) is 4.20. The van der Waals surface area contributed by atoms with Crippen molar-refractivity contribution in [1.29, 1.82) is 0 Å².